The Labute approximate surface area is 102 Å². The summed E-state index contributed by atoms with van der Waals surface area (Å²) in [6.07, 6.45) is 3.77. The molecule has 0 aliphatic heterocycles. The molecule has 4 nitrogen and oxygen atoms in total. The second-order valence-corrected chi connectivity index (χ2v) is 4.61. The van der Waals surface area contributed by atoms with Crippen molar-refractivity contribution in [1.29, 1.82) is 0 Å². The molecular weight excluding hydrogens is 214 g/mol. The minimum Gasteiger partial charge on any atom is -0.467 e. The molecule has 2 heterocycles. The summed E-state index contributed by atoms with van der Waals surface area (Å²) < 4.78 is 7.39. The molecule has 17 heavy (non-hydrogen) atoms. The number of aryl methyl sites for hydroxylation is 1. The van der Waals surface area contributed by atoms with Crippen LogP contribution in [0.15, 0.2) is 29.0 Å². The highest BCUT2D eigenvalue weighted by atomic mass is 16.3. The molecule has 1 N–H and O–H groups in total. The zero-order chi connectivity index (χ0) is 12.3. The summed E-state index contributed by atoms with van der Waals surface area (Å²) in [6, 6.07) is 4.55. The van der Waals surface area contributed by atoms with Crippen LogP contribution in [0.3, 0.4) is 0 Å². The minimum absolute atomic E-state index is 0.488. The van der Waals surface area contributed by atoms with E-state index in [1.165, 1.54) is 5.56 Å². The largest absolute Gasteiger partial charge is 0.467 e. The maximum Gasteiger partial charge on any atom is 0.125 e. The molecule has 0 aliphatic carbocycles. The van der Waals surface area contributed by atoms with Crippen molar-refractivity contribution in [2.24, 2.45) is 0 Å². The van der Waals surface area contributed by atoms with Crippen LogP contribution in [0.4, 0.5) is 0 Å². The van der Waals surface area contributed by atoms with E-state index in [4.69, 9.17) is 4.42 Å². The maximum absolute atomic E-state index is 5.51. The minimum atomic E-state index is 0.488. The number of nitrogens with one attached hydrogen (secondary N) is 1. The highest BCUT2D eigenvalue weighted by molar-refractivity contribution is 5.13. The Hall–Kier alpha value is -1.55. The summed E-state index contributed by atoms with van der Waals surface area (Å²) in [5, 5.41) is 7.69. The van der Waals surface area contributed by atoms with Crippen molar-refractivity contribution in [2.75, 3.05) is 0 Å². The van der Waals surface area contributed by atoms with Gasteiger partial charge in [-0.1, -0.05) is 13.8 Å². The molecule has 0 atom stereocenters. The molecule has 0 aliphatic rings. The number of aromatic nitrogens is 2. The third-order valence-corrected chi connectivity index (χ3v) is 2.51. The van der Waals surface area contributed by atoms with Crippen LogP contribution >= 0.6 is 0 Å². The molecule has 4 heteroatoms. The first-order valence-electron chi connectivity index (χ1n) is 5.93. The molecule has 0 spiro atoms. The van der Waals surface area contributed by atoms with Crippen molar-refractivity contribution < 1.29 is 4.42 Å². The molecule has 92 valence electrons. The van der Waals surface area contributed by atoms with Gasteiger partial charge in [0, 0.05) is 24.3 Å². The van der Waals surface area contributed by atoms with Crippen LogP contribution in [0.5, 0.6) is 0 Å². The van der Waals surface area contributed by atoms with E-state index in [1.54, 1.807) is 6.26 Å². The summed E-state index contributed by atoms with van der Waals surface area (Å²) in [5.41, 5.74) is 2.20. The van der Waals surface area contributed by atoms with E-state index in [0.29, 0.717) is 12.6 Å². The van der Waals surface area contributed by atoms with Crippen molar-refractivity contribution in [1.82, 2.24) is 15.1 Å². The van der Waals surface area contributed by atoms with Gasteiger partial charge in [0.2, 0.25) is 0 Å². The third-order valence-electron chi connectivity index (χ3n) is 2.51. The molecule has 2 aromatic heterocycles. The van der Waals surface area contributed by atoms with Gasteiger partial charge in [-0.15, -0.1) is 0 Å². The molecule has 2 aromatic rings. The van der Waals surface area contributed by atoms with Crippen molar-refractivity contribution in [3.63, 3.8) is 0 Å². The summed E-state index contributed by atoms with van der Waals surface area (Å²) >= 11 is 0. The molecule has 2 rings (SSSR count). The lowest BCUT2D eigenvalue weighted by Crippen LogP contribution is -2.21. The number of furan rings is 1. The van der Waals surface area contributed by atoms with Gasteiger partial charge in [-0.05, 0) is 19.1 Å². The zero-order valence-corrected chi connectivity index (χ0v) is 10.6. The van der Waals surface area contributed by atoms with Gasteiger partial charge in [0.1, 0.15) is 5.76 Å². The first-order valence-corrected chi connectivity index (χ1v) is 5.93. The van der Waals surface area contributed by atoms with Crippen molar-refractivity contribution in [2.45, 2.75) is 39.9 Å². The van der Waals surface area contributed by atoms with Gasteiger partial charge in [-0.3, -0.25) is 4.68 Å². The van der Waals surface area contributed by atoms with Crippen LogP contribution in [-0.4, -0.2) is 15.8 Å². The lowest BCUT2D eigenvalue weighted by molar-refractivity contribution is 0.476. The number of hydrogen-bond acceptors (Lipinski definition) is 3. The van der Waals surface area contributed by atoms with Crippen molar-refractivity contribution in [3.8, 4) is 0 Å². The lowest BCUT2D eigenvalue weighted by atomic mass is 10.3. The Morgan fingerprint density at radius 1 is 1.47 bits per heavy atom. The molecule has 0 aromatic carbocycles. The van der Waals surface area contributed by atoms with Gasteiger partial charge in [-0.25, -0.2) is 0 Å². The van der Waals surface area contributed by atoms with Crippen LogP contribution in [-0.2, 0) is 13.1 Å². The first-order chi connectivity index (χ1) is 8.13. The van der Waals surface area contributed by atoms with Gasteiger partial charge >= 0.3 is 0 Å². The molecule has 0 saturated heterocycles. The van der Waals surface area contributed by atoms with Crippen molar-refractivity contribution >= 4 is 0 Å². The highest BCUT2D eigenvalue weighted by Gasteiger charge is 2.04. The smallest absolute Gasteiger partial charge is 0.125 e. The van der Waals surface area contributed by atoms with E-state index in [9.17, 15) is 0 Å². The second-order valence-electron chi connectivity index (χ2n) is 4.61. The topological polar surface area (TPSA) is 43.0 Å². The van der Waals surface area contributed by atoms with Crippen LogP contribution in [0.25, 0.3) is 0 Å². The van der Waals surface area contributed by atoms with Crippen LogP contribution in [0.1, 0.15) is 30.9 Å². The van der Waals surface area contributed by atoms with Crippen LogP contribution in [0.2, 0.25) is 0 Å². The molecular formula is C13H19N3O. The normalized spacial score (nSPS) is 11.3. The van der Waals surface area contributed by atoms with Crippen molar-refractivity contribution in [3.05, 3.63) is 41.6 Å². The standard InChI is InChI=1S/C13H19N3O/c1-10(2)14-7-12-6-13(17-9-12)8-16-5-4-11(3)15-16/h4-6,9-10,14H,7-8H2,1-3H3. The van der Waals surface area contributed by atoms with Gasteiger partial charge in [0.25, 0.3) is 0 Å². The first kappa shape index (κ1) is 11.9. The van der Waals surface area contributed by atoms with Gasteiger partial charge in [0.05, 0.1) is 18.5 Å². The average Bonchev–Trinajstić information content (AvgIpc) is 2.86. The Balaban J connectivity index is 1.94. The van der Waals surface area contributed by atoms with Crippen LogP contribution < -0.4 is 5.32 Å². The summed E-state index contributed by atoms with van der Waals surface area (Å²) in [6.45, 7) is 7.78. The quantitative estimate of drug-likeness (QED) is 0.862. The van der Waals surface area contributed by atoms with Gasteiger partial charge in [-0.2, -0.15) is 5.10 Å². The van der Waals surface area contributed by atoms with Gasteiger partial charge in [0.15, 0.2) is 0 Å². The number of rotatable bonds is 5. The predicted molar refractivity (Wildman–Crippen MR) is 66.7 cm³/mol. The Morgan fingerprint density at radius 3 is 2.94 bits per heavy atom. The fraction of sp³-hybridized carbons (Fsp3) is 0.462. The summed E-state index contributed by atoms with van der Waals surface area (Å²) in [5.74, 6) is 0.939. The molecule has 0 unspecified atom stereocenters. The Kier molecular flexibility index (Phi) is 3.64. The predicted octanol–water partition coefficient (Wildman–Crippen LogP) is 2.33. The summed E-state index contributed by atoms with van der Waals surface area (Å²) in [4.78, 5) is 0. The molecule has 0 amide bonds. The Morgan fingerprint density at radius 2 is 2.29 bits per heavy atom. The number of hydrogen-bond donors (Lipinski definition) is 1. The van der Waals surface area contributed by atoms with E-state index in [2.05, 4.69) is 30.3 Å². The molecule has 0 radical (unpaired) electrons. The fourth-order valence-corrected chi connectivity index (χ4v) is 1.63. The van der Waals surface area contributed by atoms with E-state index in [-0.39, 0.29) is 0 Å². The lowest BCUT2D eigenvalue weighted by Gasteiger charge is -2.04. The Bertz CT molecular complexity index is 470. The fourth-order valence-electron chi connectivity index (χ4n) is 1.63. The molecule has 0 fully saturated rings. The number of nitrogens with zero attached hydrogens (tertiary/aromatic N) is 2. The van der Waals surface area contributed by atoms with E-state index in [1.807, 2.05) is 23.9 Å². The third kappa shape index (κ3) is 3.46. The summed E-state index contributed by atoms with van der Waals surface area (Å²) in [7, 11) is 0. The maximum atomic E-state index is 5.51. The van der Waals surface area contributed by atoms with E-state index >= 15 is 0 Å². The monoisotopic (exact) mass is 233 g/mol. The average molecular weight is 233 g/mol. The van der Waals surface area contributed by atoms with Crippen LogP contribution in [0, 0.1) is 6.92 Å². The molecule has 0 saturated carbocycles. The van der Waals surface area contributed by atoms with E-state index in [0.717, 1.165) is 18.0 Å². The van der Waals surface area contributed by atoms with Gasteiger partial charge < -0.3 is 9.73 Å². The second kappa shape index (κ2) is 5.19. The molecule has 0 bridgehead atoms. The zero-order valence-electron chi connectivity index (χ0n) is 10.6. The SMILES string of the molecule is Cc1ccn(Cc2cc(CNC(C)C)co2)n1. The van der Waals surface area contributed by atoms with E-state index < -0.39 is 0 Å². The highest BCUT2D eigenvalue weighted by Crippen LogP contribution is 2.09.